The van der Waals surface area contributed by atoms with E-state index in [1.54, 1.807) is 24.3 Å². The van der Waals surface area contributed by atoms with E-state index in [0.29, 0.717) is 30.3 Å². The second kappa shape index (κ2) is 8.72. The molecule has 0 saturated carbocycles. The minimum absolute atomic E-state index is 0.00817. The standard InChI is InChI=1S/C20H22ClN3O2/c1-15-23-18-5-2-3-6-19(18)24(15)13-4-12-22-20(25)11-14-26-17-9-7-16(21)8-10-17/h2-3,5-10H,4,11-14H2,1H3,(H,22,25). The van der Waals surface area contributed by atoms with Crippen molar-refractivity contribution in [3.63, 3.8) is 0 Å². The monoisotopic (exact) mass is 371 g/mol. The van der Waals surface area contributed by atoms with Crippen LogP contribution in [0.4, 0.5) is 0 Å². The van der Waals surface area contributed by atoms with Crippen LogP contribution >= 0.6 is 11.6 Å². The maximum absolute atomic E-state index is 11.9. The van der Waals surface area contributed by atoms with Crippen molar-refractivity contribution in [1.29, 1.82) is 0 Å². The van der Waals surface area contributed by atoms with Crippen LogP contribution in [-0.2, 0) is 11.3 Å². The maximum Gasteiger partial charge on any atom is 0.223 e. The van der Waals surface area contributed by atoms with Gasteiger partial charge >= 0.3 is 0 Å². The molecule has 1 amide bonds. The van der Waals surface area contributed by atoms with Crippen LogP contribution in [-0.4, -0.2) is 28.6 Å². The lowest BCUT2D eigenvalue weighted by Gasteiger charge is -2.09. The number of benzene rings is 2. The van der Waals surface area contributed by atoms with Crippen LogP contribution in [0.1, 0.15) is 18.7 Å². The van der Waals surface area contributed by atoms with Crippen molar-refractivity contribution in [3.8, 4) is 5.75 Å². The molecule has 2 aromatic carbocycles. The lowest BCUT2D eigenvalue weighted by molar-refractivity contribution is -0.121. The molecule has 5 nitrogen and oxygen atoms in total. The lowest BCUT2D eigenvalue weighted by Crippen LogP contribution is -2.26. The number of aryl methyl sites for hydroxylation is 2. The van der Waals surface area contributed by atoms with E-state index in [-0.39, 0.29) is 5.91 Å². The molecule has 0 aliphatic carbocycles. The van der Waals surface area contributed by atoms with E-state index >= 15 is 0 Å². The predicted molar refractivity (Wildman–Crippen MR) is 104 cm³/mol. The van der Waals surface area contributed by atoms with Gasteiger partial charge in [0.1, 0.15) is 11.6 Å². The van der Waals surface area contributed by atoms with E-state index in [4.69, 9.17) is 16.3 Å². The molecule has 26 heavy (non-hydrogen) atoms. The first-order chi connectivity index (χ1) is 12.6. The van der Waals surface area contributed by atoms with Gasteiger partial charge in [-0.05, 0) is 49.7 Å². The van der Waals surface area contributed by atoms with Gasteiger partial charge in [0.15, 0.2) is 0 Å². The molecule has 0 unspecified atom stereocenters. The number of fused-ring (bicyclic) bond motifs is 1. The van der Waals surface area contributed by atoms with E-state index in [1.165, 1.54) is 0 Å². The van der Waals surface area contributed by atoms with Gasteiger partial charge in [0.05, 0.1) is 24.1 Å². The summed E-state index contributed by atoms with van der Waals surface area (Å²) in [6.07, 6.45) is 1.18. The number of hydrogen-bond acceptors (Lipinski definition) is 3. The van der Waals surface area contributed by atoms with Gasteiger partial charge in [-0.1, -0.05) is 23.7 Å². The fourth-order valence-electron chi connectivity index (χ4n) is 2.82. The fraction of sp³-hybridized carbons (Fsp3) is 0.300. The van der Waals surface area contributed by atoms with Crippen molar-refractivity contribution in [2.45, 2.75) is 26.3 Å². The van der Waals surface area contributed by atoms with E-state index in [9.17, 15) is 4.79 Å². The van der Waals surface area contributed by atoms with Crippen molar-refractivity contribution in [2.75, 3.05) is 13.2 Å². The van der Waals surface area contributed by atoms with Crippen LogP contribution in [0.2, 0.25) is 5.02 Å². The Bertz CT molecular complexity index is 874. The van der Waals surface area contributed by atoms with Crippen molar-refractivity contribution < 1.29 is 9.53 Å². The number of para-hydroxylation sites is 2. The molecule has 1 N–H and O–H groups in total. The Morgan fingerprint density at radius 2 is 1.96 bits per heavy atom. The highest BCUT2D eigenvalue weighted by atomic mass is 35.5. The van der Waals surface area contributed by atoms with Gasteiger partial charge < -0.3 is 14.6 Å². The minimum Gasteiger partial charge on any atom is -0.493 e. The zero-order chi connectivity index (χ0) is 18.4. The molecule has 0 bridgehead atoms. The van der Waals surface area contributed by atoms with Gasteiger partial charge in [-0.15, -0.1) is 0 Å². The Kier molecular flexibility index (Phi) is 6.12. The number of hydrogen-bond donors (Lipinski definition) is 1. The van der Waals surface area contributed by atoms with Gasteiger partial charge in [-0.25, -0.2) is 4.98 Å². The Balaban J connectivity index is 1.37. The fourth-order valence-corrected chi connectivity index (χ4v) is 2.95. The van der Waals surface area contributed by atoms with Gasteiger partial charge in [-0.3, -0.25) is 4.79 Å². The Morgan fingerprint density at radius 1 is 1.19 bits per heavy atom. The van der Waals surface area contributed by atoms with E-state index in [1.807, 2.05) is 25.1 Å². The van der Waals surface area contributed by atoms with Crippen molar-refractivity contribution in [1.82, 2.24) is 14.9 Å². The van der Waals surface area contributed by atoms with Crippen LogP contribution < -0.4 is 10.1 Å². The summed E-state index contributed by atoms with van der Waals surface area (Å²) in [5.74, 6) is 1.70. The number of ether oxygens (including phenoxy) is 1. The maximum atomic E-state index is 11.9. The Hall–Kier alpha value is -2.53. The number of halogens is 1. The predicted octanol–water partition coefficient (Wildman–Crippen LogP) is 3.97. The third kappa shape index (κ3) is 4.76. The van der Waals surface area contributed by atoms with Crippen molar-refractivity contribution >= 4 is 28.5 Å². The zero-order valence-corrected chi connectivity index (χ0v) is 15.5. The number of rotatable bonds is 8. The second-order valence-corrected chi connectivity index (χ2v) is 6.49. The molecule has 1 heterocycles. The number of imidazole rings is 1. The molecule has 136 valence electrons. The number of aromatic nitrogens is 2. The Morgan fingerprint density at radius 3 is 2.77 bits per heavy atom. The summed E-state index contributed by atoms with van der Waals surface area (Å²) in [5.41, 5.74) is 2.14. The smallest absolute Gasteiger partial charge is 0.223 e. The van der Waals surface area contributed by atoms with Gasteiger partial charge in [0.2, 0.25) is 5.91 Å². The van der Waals surface area contributed by atoms with E-state index < -0.39 is 0 Å². The summed E-state index contributed by atoms with van der Waals surface area (Å²) in [7, 11) is 0. The molecule has 3 rings (SSSR count). The highest BCUT2D eigenvalue weighted by Gasteiger charge is 2.06. The molecule has 0 fully saturated rings. The van der Waals surface area contributed by atoms with Gasteiger partial charge in [0.25, 0.3) is 0 Å². The molecule has 0 aliphatic heterocycles. The lowest BCUT2D eigenvalue weighted by atomic mass is 10.3. The quantitative estimate of drug-likeness (QED) is 0.609. The molecule has 6 heteroatoms. The third-order valence-corrected chi connectivity index (χ3v) is 4.39. The van der Waals surface area contributed by atoms with E-state index in [0.717, 1.165) is 29.8 Å². The SMILES string of the molecule is Cc1nc2ccccc2n1CCCNC(=O)CCOc1ccc(Cl)cc1. The van der Waals surface area contributed by atoms with Gasteiger partial charge in [0, 0.05) is 18.1 Å². The number of amides is 1. The summed E-state index contributed by atoms with van der Waals surface area (Å²) in [6, 6.07) is 15.2. The average Bonchev–Trinajstić information content (AvgIpc) is 2.96. The third-order valence-electron chi connectivity index (χ3n) is 4.14. The normalized spacial score (nSPS) is 10.8. The zero-order valence-electron chi connectivity index (χ0n) is 14.7. The second-order valence-electron chi connectivity index (χ2n) is 6.06. The summed E-state index contributed by atoms with van der Waals surface area (Å²) >= 11 is 5.82. The highest BCUT2D eigenvalue weighted by molar-refractivity contribution is 6.30. The first-order valence-electron chi connectivity index (χ1n) is 8.70. The number of carbonyl (C=O) groups is 1. The molecular formula is C20H22ClN3O2. The largest absolute Gasteiger partial charge is 0.493 e. The van der Waals surface area contributed by atoms with Crippen LogP contribution in [0.25, 0.3) is 11.0 Å². The highest BCUT2D eigenvalue weighted by Crippen LogP contribution is 2.16. The first kappa shape index (κ1) is 18.3. The van der Waals surface area contributed by atoms with Crippen LogP contribution in [0.5, 0.6) is 5.75 Å². The van der Waals surface area contributed by atoms with Crippen LogP contribution in [0, 0.1) is 6.92 Å². The molecule has 0 radical (unpaired) electrons. The summed E-state index contributed by atoms with van der Waals surface area (Å²) < 4.78 is 7.71. The number of carbonyl (C=O) groups excluding carboxylic acids is 1. The number of nitrogens with one attached hydrogen (secondary N) is 1. The molecule has 0 aliphatic rings. The van der Waals surface area contributed by atoms with E-state index in [2.05, 4.69) is 20.9 Å². The topological polar surface area (TPSA) is 56.2 Å². The molecule has 0 saturated heterocycles. The minimum atomic E-state index is -0.00817. The molecule has 0 spiro atoms. The molecule has 0 atom stereocenters. The van der Waals surface area contributed by atoms with Gasteiger partial charge in [-0.2, -0.15) is 0 Å². The summed E-state index contributed by atoms with van der Waals surface area (Å²) in [6.45, 7) is 3.81. The van der Waals surface area contributed by atoms with Crippen LogP contribution in [0.3, 0.4) is 0 Å². The summed E-state index contributed by atoms with van der Waals surface area (Å²) in [5, 5.41) is 3.60. The Labute approximate surface area is 157 Å². The summed E-state index contributed by atoms with van der Waals surface area (Å²) in [4.78, 5) is 16.4. The molecular weight excluding hydrogens is 350 g/mol. The first-order valence-corrected chi connectivity index (χ1v) is 9.08. The van der Waals surface area contributed by atoms with Crippen molar-refractivity contribution in [3.05, 3.63) is 59.4 Å². The average molecular weight is 372 g/mol. The van der Waals surface area contributed by atoms with Crippen LogP contribution in [0.15, 0.2) is 48.5 Å². The number of nitrogens with zero attached hydrogens (tertiary/aromatic N) is 2. The molecule has 1 aromatic heterocycles. The van der Waals surface area contributed by atoms with Crippen molar-refractivity contribution in [2.24, 2.45) is 0 Å². The molecule has 3 aromatic rings.